The zero-order chi connectivity index (χ0) is 49.2. The Bertz CT molecular complexity index is 3480. The SMILES string of the molecule is CC(C)(C)CC(c1ccc(-c2ccc3c(c2)C2(c4ccccc4-3)c3ccccc3-c3ccc(-c4ccc(N(c5ccc(-c6ccccc6)cc5)c5ccc(-c6ccccc6)cc5)cc4)cc32)cc1)C(C)(C)C. The summed E-state index contributed by atoms with van der Waals surface area (Å²) in [5.41, 5.74) is 25.1. The second-order valence-electron chi connectivity index (χ2n) is 22.4. The third-order valence-corrected chi connectivity index (χ3v) is 15.5. The van der Waals surface area contributed by atoms with Crippen molar-refractivity contribution >= 4 is 17.1 Å². The molecule has 1 heteroatoms. The Balaban J connectivity index is 0.943. The molecule has 2 aliphatic carbocycles. The van der Waals surface area contributed by atoms with Crippen LogP contribution in [-0.2, 0) is 5.41 Å². The van der Waals surface area contributed by atoms with E-state index in [1.807, 2.05) is 0 Å². The summed E-state index contributed by atoms with van der Waals surface area (Å²) in [5.74, 6) is 0.468. The average molecular weight is 928 g/mol. The summed E-state index contributed by atoms with van der Waals surface area (Å²) in [6.45, 7) is 14.3. The topological polar surface area (TPSA) is 3.24 Å². The molecule has 12 rings (SSSR count). The highest BCUT2D eigenvalue weighted by atomic mass is 15.1. The van der Waals surface area contributed by atoms with E-state index in [0.29, 0.717) is 5.92 Å². The van der Waals surface area contributed by atoms with E-state index in [4.69, 9.17) is 0 Å². The van der Waals surface area contributed by atoms with E-state index in [1.165, 1.54) is 94.6 Å². The van der Waals surface area contributed by atoms with E-state index < -0.39 is 5.41 Å². The van der Waals surface area contributed by atoms with E-state index in [9.17, 15) is 0 Å². The first-order valence-electron chi connectivity index (χ1n) is 25.7. The van der Waals surface area contributed by atoms with E-state index >= 15 is 0 Å². The molecule has 0 aliphatic heterocycles. The highest BCUT2D eigenvalue weighted by Crippen LogP contribution is 2.63. The third kappa shape index (κ3) is 7.89. The predicted octanol–water partition coefficient (Wildman–Crippen LogP) is 19.7. The molecule has 0 amide bonds. The lowest BCUT2D eigenvalue weighted by Gasteiger charge is -2.36. The van der Waals surface area contributed by atoms with Gasteiger partial charge in [-0.3, -0.25) is 0 Å². The summed E-state index contributed by atoms with van der Waals surface area (Å²) < 4.78 is 0. The molecule has 2 unspecified atom stereocenters. The van der Waals surface area contributed by atoms with Crippen molar-refractivity contribution in [2.45, 2.75) is 59.3 Å². The fourth-order valence-corrected chi connectivity index (χ4v) is 12.1. The molecular formula is C71H61N. The van der Waals surface area contributed by atoms with Crippen molar-refractivity contribution in [3.63, 3.8) is 0 Å². The first-order valence-corrected chi connectivity index (χ1v) is 25.7. The maximum absolute atomic E-state index is 2.52. The van der Waals surface area contributed by atoms with Gasteiger partial charge in [0.2, 0.25) is 0 Å². The highest BCUT2D eigenvalue weighted by molar-refractivity contribution is 5.97. The molecule has 0 aromatic heterocycles. The van der Waals surface area contributed by atoms with Crippen molar-refractivity contribution in [3.05, 3.63) is 270 Å². The Morgan fingerprint density at radius 1 is 0.319 bits per heavy atom. The van der Waals surface area contributed by atoms with E-state index in [2.05, 4.69) is 289 Å². The number of nitrogens with zero attached hydrogens (tertiary/aromatic N) is 1. The standard InChI is InChI=1S/C71H61N/c1-69(2,3)47-68(70(4,5)6)54-27-25-52(26-28-54)55-35-43-62-60-21-13-15-23-64(60)71(66(62)45-55)65-24-16-14-22-61(65)63-44-36-56(46-67(63)71)53-33-41-59(42-34-53)72(57-37-29-50(30-38-57)48-17-9-7-10-18-48)58-39-31-51(32-40-58)49-19-11-8-12-20-49/h7-46,68H,47H2,1-6H3. The molecule has 1 nitrogen and oxygen atoms in total. The lowest BCUT2D eigenvalue weighted by atomic mass is 9.69. The minimum Gasteiger partial charge on any atom is -0.311 e. The number of hydrogen-bond donors (Lipinski definition) is 0. The Morgan fingerprint density at radius 2 is 0.639 bits per heavy atom. The summed E-state index contributed by atoms with van der Waals surface area (Å²) >= 11 is 0. The number of rotatable bonds is 9. The van der Waals surface area contributed by atoms with Crippen LogP contribution in [0.3, 0.4) is 0 Å². The van der Waals surface area contributed by atoms with Crippen LogP contribution in [0.1, 0.15) is 81.7 Å². The first kappa shape index (κ1) is 45.2. The highest BCUT2D eigenvalue weighted by Gasteiger charge is 2.51. The molecule has 2 aliphatic rings. The van der Waals surface area contributed by atoms with Gasteiger partial charge in [-0.15, -0.1) is 0 Å². The van der Waals surface area contributed by atoms with Gasteiger partial charge in [-0.1, -0.05) is 236 Å². The van der Waals surface area contributed by atoms with E-state index in [1.54, 1.807) is 0 Å². The normalized spacial score (nSPS) is 14.9. The van der Waals surface area contributed by atoms with E-state index in [0.717, 1.165) is 23.5 Å². The maximum Gasteiger partial charge on any atom is 0.0725 e. The van der Waals surface area contributed by atoms with Crippen molar-refractivity contribution < 1.29 is 0 Å². The van der Waals surface area contributed by atoms with Crippen LogP contribution in [0, 0.1) is 10.8 Å². The van der Waals surface area contributed by atoms with Crippen LogP contribution in [0.4, 0.5) is 17.1 Å². The van der Waals surface area contributed by atoms with Crippen LogP contribution >= 0.6 is 0 Å². The quantitative estimate of drug-likeness (QED) is 0.139. The van der Waals surface area contributed by atoms with Gasteiger partial charge >= 0.3 is 0 Å². The average Bonchev–Trinajstić information content (AvgIpc) is 3.87. The zero-order valence-electron chi connectivity index (χ0n) is 42.3. The molecule has 10 aromatic carbocycles. The summed E-state index contributed by atoms with van der Waals surface area (Å²) in [6.07, 6.45) is 1.15. The van der Waals surface area contributed by atoms with Gasteiger partial charge in [0.05, 0.1) is 5.41 Å². The Hall–Kier alpha value is -8.00. The van der Waals surface area contributed by atoms with Crippen LogP contribution in [0.25, 0.3) is 66.8 Å². The van der Waals surface area contributed by atoms with Crippen LogP contribution in [-0.4, -0.2) is 0 Å². The summed E-state index contributed by atoms with van der Waals surface area (Å²) in [5, 5.41) is 0. The molecule has 2 atom stereocenters. The van der Waals surface area contributed by atoms with Gasteiger partial charge < -0.3 is 4.90 Å². The number of fused-ring (bicyclic) bond motifs is 10. The molecule has 0 N–H and O–H groups in total. The number of hydrogen-bond acceptors (Lipinski definition) is 1. The van der Waals surface area contributed by atoms with Gasteiger partial charge in [0.25, 0.3) is 0 Å². The molecule has 0 fully saturated rings. The van der Waals surface area contributed by atoms with E-state index in [-0.39, 0.29) is 10.8 Å². The monoisotopic (exact) mass is 927 g/mol. The summed E-state index contributed by atoms with van der Waals surface area (Å²) in [6, 6.07) is 90.6. The second kappa shape index (κ2) is 17.7. The van der Waals surface area contributed by atoms with Gasteiger partial charge in [-0.05, 0) is 166 Å². The molecule has 0 heterocycles. The minimum absolute atomic E-state index is 0.164. The molecule has 0 saturated heterocycles. The van der Waals surface area contributed by atoms with Crippen molar-refractivity contribution in [1.29, 1.82) is 0 Å². The van der Waals surface area contributed by atoms with Crippen LogP contribution in [0.15, 0.2) is 243 Å². The smallest absolute Gasteiger partial charge is 0.0725 e. The third-order valence-electron chi connectivity index (χ3n) is 15.5. The number of benzene rings is 10. The van der Waals surface area contributed by atoms with Crippen LogP contribution in [0.2, 0.25) is 0 Å². The lowest BCUT2D eigenvalue weighted by Crippen LogP contribution is -2.26. The number of anilines is 3. The molecule has 0 saturated carbocycles. The zero-order valence-corrected chi connectivity index (χ0v) is 42.3. The maximum atomic E-state index is 2.52. The van der Waals surface area contributed by atoms with Gasteiger partial charge in [-0.25, -0.2) is 0 Å². The van der Waals surface area contributed by atoms with Crippen LogP contribution in [0.5, 0.6) is 0 Å². The Kier molecular flexibility index (Phi) is 11.1. The summed E-state index contributed by atoms with van der Waals surface area (Å²) in [4.78, 5) is 2.37. The summed E-state index contributed by atoms with van der Waals surface area (Å²) in [7, 11) is 0. The molecule has 1 spiro atoms. The molecule has 350 valence electrons. The first-order chi connectivity index (χ1) is 34.9. The largest absolute Gasteiger partial charge is 0.311 e. The van der Waals surface area contributed by atoms with Gasteiger partial charge in [-0.2, -0.15) is 0 Å². The minimum atomic E-state index is -0.470. The van der Waals surface area contributed by atoms with Crippen molar-refractivity contribution in [1.82, 2.24) is 0 Å². The van der Waals surface area contributed by atoms with Gasteiger partial charge in [0, 0.05) is 17.1 Å². The molecular weight excluding hydrogens is 867 g/mol. The Labute approximate surface area is 427 Å². The molecule has 10 aromatic rings. The van der Waals surface area contributed by atoms with Crippen molar-refractivity contribution in [3.8, 4) is 66.8 Å². The molecule has 72 heavy (non-hydrogen) atoms. The fourth-order valence-electron chi connectivity index (χ4n) is 12.1. The van der Waals surface area contributed by atoms with Gasteiger partial charge in [0.1, 0.15) is 0 Å². The molecule has 0 radical (unpaired) electrons. The second-order valence-corrected chi connectivity index (χ2v) is 22.4. The predicted molar refractivity (Wildman–Crippen MR) is 305 cm³/mol. The van der Waals surface area contributed by atoms with Crippen molar-refractivity contribution in [2.24, 2.45) is 10.8 Å². The lowest BCUT2D eigenvalue weighted by molar-refractivity contribution is 0.229. The van der Waals surface area contributed by atoms with Crippen LogP contribution < -0.4 is 4.90 Å². The van der Waals surface area contributed by atoms with Gasteiger partial charge in [0.15, 0.2) is 0 Å². The Morgan fingerprint density at radius 3 is 1.03 bits per heavy atom. The molecule has 0 bridgehead atoms. The fraction of sp³-hybridized carbons (Fsp3) is 0.155. The van der Waals surface area contributed by atoms with Crippen molar-refractivity contribution in [2.75, 3.05) is 4.90 Å².